The standard InChI is InChI=1S/C27H34N2O5/c1-20(30)33-19-27(31)29-15-14-28(18-23(29)16-21-8-4-3-5-9-21)22-12-13-25(32-2)26(17-22)34-24-10-6-7-11-24/h3-5,8-9,12-13,17,23-24H,6-7,10-11,14-16,18-19H2,1-2H3. The molecule has 2 fully saturated rings. The van der Waals surface area contributed by atoms with Crippen LogP contribution in [0.15, 0.2) is 48.5 Å². The van der Waals surface area contributed by atoms with Crippen molar-refractivity contribution in [2.24, 2.45) is 0 Å². The minimum atomic E-state index is -0.445. The number of rotatable bonds is 8. The van der Waals surface area contributed by atoms with Crippen LogP contribution < -0.4 is 14.4 Å². The monoisotopic (exact) mass is 466 g/mol. The first kappa shape index (κ1) is 23.9. The van der Waals surface area contributed by atoms with Crippen molar-refractivity contribution in [1.29, 1.82) is 0 Å². The average Bonchev–Trinajstić information content (AvgIpc) is 3.36. The molecule has 4 rings (SSSR count). The largest absolute Gasteiger partial charge is 0.493 e. The summed E-state index contributed by atoms with van der Waals surface area (Å²) in [5.41, 5.74) is 2.22. The molecule has 182 valence electrons. The van der Waals surface area contributed by atoms with Crippen LogP contribution in [-0.2, 0) is 20.7 Å². The number of benzene rings is 2. The van der Waals surface area contributed by atoms with E-state index in [1.807, 2.05) is 29.2 Å². The number of methoxy groups -OCH3 is 1. The number of piperazine rings is 1. The molecule has 1 unspecified atom stereocenters. The number of amides is 1. The fourth-order valence-electron chi connectivity index (χ4n) is 4.87. The number of hydrogen-bond donors (Lipinski definition) is 0. The molecule has 1 aliphatic heterocycles. The highest BCUT2D eigenvalue weighted by Crippen LogP contribution is 2.35. The van der Waals surface area contributed by atoms with Gasteiger partial charge in [0.2, 0.25) is 0 Å². The van der Waals surface area contributed by atoms with Gasteiger partial charge in [0.05, 0.1) is 19.3 Å². The van der Waals surface area contributed by atoms with Crippen molar-refractivity contribution in [1.82, 2.24) is 4.90 Å². The van der Waals surface area contributed by atoms with E-state index in [-0.39, 0.29) is 24.7 Å². The SMILES string of the molecule is COc1ccc(N2CCN(C(=O)COC(C)=O)C(Cc3ccccc3)C2)cc1OC1CCCC1. The summed E-state index contributed by atoms with van der Waals surface area (Å²) in [4.78, 5) is 28.2. The van der Waals surface area contributed by atoms with E-state index in [1.165, 1.54) is 25.3 Å². The summed E-state index contributed by atoms with van der Waals surface area (Å²) in [7, 11) is 1.67. The molecule has 0 radical (unpaired) electrons. The minimum Gasteiger partial charge on any atom is -0.493 e. The Labute approximate surface area is 201 Å². The Morgan fingerprint density at radius 3 is 2.47 bits per heavy atom. The third kappa shape index (κ3) is 6.01. The molecule has 7 nitrogen and oxygen atoms in total. The number of ether oxygens (including phenoxy) is 3. The van der Waals surface area contributed by atoms with Crippen LogP contribution in [0.4, 0.5) is 5.69 Å². The Hall–Kier alpha value is -3.22. The van der Waals surface area contributed by atoms with E-state index in [0.717, 1.165) is 36.4 Å². The minimum absolute atomic E-state index is 0.0412. The summed E-state index contributed by atoms with van der Waals surface area (Å²) < 4.78 is 16.9. The van der Waals surface area contributed by atoms with Crippen molar-refractivity contribution in [3.05, 3.63) is 54.1 Å². The van der Waals surface area contributed by atoms with Gasteiger partial charge in [-0.15, -0.1) is 0 Å². The molecule has 1 saturated carbocycles. The van der Waals surface area contributed by atoms with E-state index in [4.69, 9.17) is 14.2 Å². The molecule has 34 heavy (non-hydrogen) atoms. The lowest BCUT2D eigenvalue weighted by molar-refractivity contribution is -0.151. The van der Waals surface area contributed by atoms with Gasteiger partial charge >= 0.3 is 5.97 Å². The first-order chi connectivity index (χ1) is 16.5. The van der Waals surface area contributed by atoms with Gasteiger partial charge in [-0.25, -0.2) is 0 Å². The maximum absolute atomic E-state index is 12.9. The number of carbonyl (C=O) groups excluding carboxylic acids is 2. The van der Waals surface area contributed by atoms with E-state index >= 15 is 0 Å². The second-order valence-electron chi connectivity index (χ2n) is 9.02. The average molecular weight is 467 g/mol. The Morgan fingerprint density at radius 1 is 1.00 bits per heavy atom. The number of hydrogen-bond acceptors (Lipinski definition) is 6. The Bertz CT molecular complexity index is 974. The molecule has 2 aliphatic rings. The van der Waals surface area contributed by atoms with E-state index < -0.39 is 5.97 Å². The molecule has 1 atom stereocenters. The van der Waals surface area contributed by atoms with Gasteiger partial charge in [0, 0.05) is 38.3 Å². The highest BCUT2D eigenvalue weighted by atomic mass is 16.5. The van der Waals surface area contributed by atoms with Crippen molar-refractivity contribution in [3.63, 3.8) is 0 Å². The van der Waals surface area contributed by atoms with Gasteiger partial charge < -0.3 is 24.0 Å². The third-order valence-electron chi connectivity index (χ3n) is 6.62. The quantitative estimate of drug-likeness (QED) is 0.551. The molecule has 1 saturated heterocycles. The van der Waals surface area contributed by atoms with Crippen molar-refractivity contribution >= 4 is 17.6 Å². The molecule has 2 aromatic carbocycles. The van der Waals surface area contributed by atoms with E-state index in [9.17, 15) is 9.59 Å². The molecule has 1 amide bonds. The number of anilines is 1. The number of carbonyl (C=O) groups is 2. The lowest BCUT2D eigenvalue weighted by Gasteiger charge is -2.42. The molecular weight excluding hydrogens is 432 g/mol. The zero-order valence-electron chi connectivity index (χ0n) is 20.1. The summed E-state index contributed by atoms with van der Waals surface area (Å²) in [6, 6.07) is 16.2. The number of nitrogens with zero attached hydrogens (tertiary/aromatic N) is 2. The highest BCUT2D eigenvalue weighted by molar-refractivity contribution is 5.80. The summed E-state index contributed by atoms with van der Waals surface area (Å²) in [5.74, 6) is 0.918. The van der Waals surface area contributed by atoms with Gasteiger partial charge in [0.25, 0.3) is 5.91 Å². The van der Waals surface area contributed by atoms with Crippen LogP contribution in [0.3, 0.4) is 0 Å². The Balaban J connectivity index is 1.52. The van der Waals surface area contributed by atoms with Crippen molar-refractivity contribution in [3.8, 4) is 11.5 Å². The zero-order chi connectivity index (χ0) is 23.9. The van der Waals surface area contributed by atoms with Crippen molar-refractivity contribution < 1.29 is 23.8 Å². The molecule has 0 N–H and O–H groups in total. The van der Waals surface area contributed by atoms with Crippen LogP contribution >= 0.6 is 0 Å². The fourth-order valence-corrected chi connectivity index (χ4v) is 4.87. The van der Waals surface area contributed by atoms with Gasteiger partial charge in [-0.1, -0.05) is 30.3 Å². The van der Waals surface area contributed by atoms with Gasteiger partial charge in [-0.2, -0.15) is 0 Å². The van der Waals surface area contributed by atoms with Crippen LogP contribution in [0.2, 0.25) is 0 Å². The van der Waals surface area contributed by atoms with Crippen molar-refractivity contribution in [2.75, 3.05) is 38.3 Å². The van der Waals surface area contributed by atoms with Gasteiger partial charge in [0.15, 0.2) is 18.1 Å². The third-order valence-corrected chi connectivity index (χ3v) is 6.62. The lowest BCUT2D eigenvalue weighted by Crippen LogP contribution is -2.57. The molecule has 0 spiro atoms. The fraction of sp³-hybridized carbons (Fsp3) is 0.481. The van der Waals surface area contributed by atoms with Crippen molar-refractivity contribution in [2.45, 2.75) is 51.2 Å². The molecule has 0 aromatic heterocycles. The first-order valence-electron chi connectivity index (χ1n) is 12.1. The predicted molar refractivity (Wildman–Crippen MR) is 130 cm³/mol. The lowest BCUT2D eigenvalue weighted by atomic mass is 10.0. The Morgan fingerprint density at radius 2 is 1.76 bits per heavy atom. The van der Waals surface area contributed by atoms with Gasteiger partial charge in [0.1, 0.15) is 0 Å². The smallest absolute Gasteiger partial charge is 0.303 e. The number of esters is 1. The molecule has 7 heteroatoms. The summed E-state index contributed by atoms with van der Waals surface area (Å²) in [5, 5.41) is 0. The van der Waals surface area contributed by atoms with Crippen LogP contribution in [0, 0.1) is 0 Å². The highest BCUT2D eigenvalue weighted by Gasteiger charge is 2.31. The second kappa shape index (κ2) is 11.3. The maximum atomic E-state index is 12.9. The summed E-state index contributed by atoms with van der Waals surface area (Å²) >= 11 is 0. The van der Waals surface area contributed by atoms with Gasteiger partial charge in [-0.3, -0.25) is 9.59 Å². The van der Waals surface area contributed by atoms with Crippen LogP contribution in [0.5, 0.6) is 11.5 Å². The van der Waals surface area contributed by atoms with E-state index in [1.54, 1.807) is 7.11 Å². The van der Waals surface area contributed by atoms with Crippen LogP contribution in [0.1, 0.15) is 38.2 Å². The summed E-state index contributed by atoms with van der Waals surface area (Å²) in [6.07, 6.45) is 5.54. The van der Waals surface area contributed by atoms with Gasteiger partial charge in [-0.05, 0) is 49.8 Å². The Kier molecular flexibility index (Phi) is 7.93. The maximum Gasteiger partial charge on any atom is 0.303 e. The second-order valence-corrected chi connectivity index (χ2v) is 9.02. The molecule has 0 bridgehead atoms. The zero-order valence-corrected chi connectivity index (χ0v) is 20.1. The molecular formula is C27H34N2O5. The van der Waals surface area contributed by atoms with Crippen LogP contribution in [-0.4, -0.2) is 62.3 Å². The molecule has 1 aliphatic carbocycles. The predicted octanol–water partition coefficient (Wildman–Crippen LogP) is 3.84. The van der Waals surface area contributed by atoms with E-state index in [0.29, 0.717) is 19.6 Å². The first-order valence-corrected chi connectivity index (χ1v) is 12.1. The summed E-state index contributed by atoms with van der Waals surface area (Å²) in [6.45, 7) is 3.02. The molecule has 1 heterocycles. The normalized spacial score (nSPS) is 18.6. The van der Waals surface area contributed by atoms with E-state index in [2.05, 4.69) is 29.2 Å². The van der Waals surface area contributed by atoms with Crippen LogP contribution in [0.25, 0.3) is 0 Å². The topological polar surface area (TPSA) is 68.3 Å². The molecule has 2 aromatic rings.